The number of carbonyl (C=O) groups is 1. The van der Waals surface area contributed by atoms with E-state index in [9.17, 15) is 4.79 Å². The van der Waals surface area contributed by atoms with Gasteiger partial charge in [0.25, 0.3) is 5.91 Å². The Morgan fingerprint density at radius 3 is 2.68 bits per heavy atom. The quantitative estimate of drug-likeness (QED) is 0.736. The predicted molar refractivity (Wildman–Crippen MR) is 92.2 cm³/mol. The summed E-state index contributed by atoms with van der Waals surface area (Å²) in [6, 6.07) is 10.6. The number of amides is 1. The second-order valence-electron chi connectivity index (χ2n) is 5.32. The number of carbonyl (C=O) groups excluding carboxylic acids is 1. The summed E-state index contributed by atoms with van der Waals surface area (Å²) < 4.78 is 10.2. The van der Waals surface area contributed by atoms with Crippen LogP contribution in [0.25, 0.3) is 0 Å². The average molecular weight is 339 g/mol. The Morgan fingerprint density at radius 2 is 1.96 bits per heavy atom. The van der Waals surface area contributed by atoms with Crippen LogP contribution in [0, 0.1) is 13.8 Å². The summed E-state index contributed by atoms with van der Waals surface area (Å²) in [5.41, 5.74) is 1.56. The van der Waals surface area contributed by atoms with Gasteiger partial charge in [0, 0.05) is 11.8 Å². The topological polar surface area (TPSA) is 102 Å². The standard InChI is InChI=1S/C17H17N5O3/c1-10-8-13(16(23)21-15-9-11(2)25-22-15)20-17(18-10)19-12-6-4-5-7-14(12)24-3/h4-9H,1-3H3,(H,18,19,20)(H,21,22,23). The Kier molecular flexibility index (Phi) is 4.60. The van der Waals surface area contributed by atoms with E-state index in [0.29, 0.717) is 34.7 Å². The maximum Gasteiger partial charge on any atom is 0.275 e. The minimum absolute atomic E-state index is 0.213. The van der Waals surface area contributed by atoms with Crippen molar-refractivity contribution >= 4 is 23.4 Å². The van der Waals surface area contributed by atoms with Crippen molar-refractivity contribution in [1.29, 1.82) is 0 Å². The van der Waals surface area contributed by atoms with Crippen LogP contribution in [-0.2, 0) is 0 Å². The zero-order chi connectivity index (χ0) is 17.8. The van der Waals surface area contributed by atoms with Gasteiger partial charge in [-0.25, -0.2) is 9.97 Å². The van der Waals surface area contributed by atoms with E-state index in [1.165, 1.54) is 0 Å². The molecule has 3 rings (SSSR count). The third-order valence-corrected chi connectivity index (χ3v) is 3.31. The Morgan fingerprint density at radius 1 is 1.16 bits per heavy atom. The number of anilines is 3. The lowest BCUT2D eigenvalue weighted by atomic mass is 10.3. The number of ether oxygens (including phenoxy) is 1. The monoisotopic (exact) mass is 339 g/mol. The lowest BCUT2D eigenvalue weighted by molar-refractivity contribution is 0.102. The van der Waals surface area contributed by atoms with Gasteiger partial charge >= 0.3 is 0 Å². The molecule has 2 N–H and O–H groups in total. The van der Waals surface area contributed by atoms with E-state index in [-0.39, 0.29) is 5.69 Å². The van der Waals surface area contributed by atoms with Crippen LogP contribution in [0.1, 0.15) is 21.9 Å². The lowest BCUT2D eigenvalue weighted by Gasteiger charge is -2.11. The zero-order valence-corrected chi connectivity index (χ0v) is 14.0. The first kappa shape index (κ1) is 16.4. The Bertz CT molecular complexity index is 907. The fraction of sp³-hybridized carbons (Fsp3) is 0.176. The maximum atomic E-state index is 12.4. The Hall–Kier alpha value is -3.42. The van der Waals surface area contributed by atoms with E-state index in [2.05, 4.69) is 25.8 Å². The number of aromatic nitrogens is 3. The van der Waals surface area contributed by atoms with Gasteiger partial charge in [0.05, 0.1) is 12.8 Å². The smallest absolute Gasteiger partial charge is 0.275 e. The molecule has 0 aliphatic heterocycles. The predicted octanol–water partition coefficient (Wildman–Crippen LogP) is 3.09. The molecule has 0 aliphatic rings. The van der Waals surface area contributed by atoms with E-state index < -0.39 is 5.91 Å². The van der Waals surface area contributed by atoms with Gasteiger partial charge in [0.1, 0.15) is 17.2 Å². The number of hydrogen-bond donors (Lipinski definition) is 2. The third-order valence-electron chi connectivity index (χ3n) is 3.31. The summed E-state index contributed by atoms with van der Waals surface area (Å²) in [5, 5.41) is 9.43. The number of para-hydroxylation sites is 2. The molecule has 2 aromatic heterocycles. The molecule has 128 valence electrons. The molecule has 25 heavy (non-hydrogen) atoms. The third kappa shape index (κ3) is 3.92. The minimum Gasteiger partial charge on any atom is -0.495 e. The highest BCUT2D eigenvalue weighted by atomic mass is 16.5. The number of rotatable bonds is 5. The Balaban J connectivity index is 1.83. The fourth-order valence-electron chi connectivity index (χ4n) is 2.21. The highest BCUT2D eigenvalue weighted by molar-refractivity contribution is 6.02. The van der Waals surface area contributed by atoms with Gasteiger partial charge in [0.2, 0.25) is 5.95 Å². The summed E-state index contributed by atoms with van der Waals surface area (Å²) in [6.07, 6.45) is 0. The molecule has 2 heterocycles. The van der Waals surface area contributed by atoms with Crippen LogP contribution in [0.4, 0.5) is 17.5 Å². The SMILES string of the molecule is COc1ccccc1Nc1nc(C)cc(C(=O)Nc2cc(C)on2)n1. The largest absolute Gasteiger partial charge is 0.495 e. The van der Waals surface area contributed by atoms with Crippen LogP contribution in [0.2, 0.25) is 0 Å². The summed E-state index contributed by atoms with van der Waals surface area (Å²) in [6.45, 7) is 3.53. The van der Waals surface area contributed by atoms with Crippen LogP contribution >= 0.6 is 0 Å². The van der Waals surface area contributed by atoms with Crippen LogP contribution in [0.3, 0.4) is 0 Å². The zero-order valence-electron chi connectivity index (χ0n) is 14.0. The summed E-state index contributed by atoms with van der Waals surface area (Å²) in [4.78, 5) is 20.9. The van der Waals surface area contributed by atoms with E-state index >= 15 is 0 Å². The molecule has 0 spiro atoms. The maximum absolute atomic E-state index is 12.4. The molecule has 0 saturated heterocycles. The molecule has 1 aromatic carbocycles. The van der Waals surface area contributed by atoms with E-state index in [1.54, 1.807) is 33.1 Å². The first-order valence-corrected chi connectivity index (χ1v) is 7.55. The molecule has 0 fully saturated rings. The molecule has 3 aromatic rings. The second-order valence-corrected chi connectivity index (χ2v) is 5.32. The van der Waals surface area contributed by atoms with Crippen molar-refractivity contribution in [1.82, 2.24) is 15.1 Å². The van der Waals surface area contributed by atoms with Crippen molar-refractivity contribution in [2.24, 2.45) is 0 Å². The molecule has 0 radical (unpaired) electrons. The highest BCUT2D eigenvalue weighted by Gasteiger charge is 2.13. The molecule has 1 amide bonds. The van der Waals surface area contributed by atoms with Gasteiger partial charge in [-0.1, -0.05) is 17.3 Å². The van der Waals surface area contributed by atoms with Crippen LogP contribution in [0.15, 0.2) is 40.9 Å². The van der Waals surface area contributed by atoms with E-state index in [0.717, 1.165) is 0 Å². The number of benzene rings is 1. The van der Waals surface area contributed by atoms with Crippen molar-refractivity contribution in [3.05, 3.63) is 53.5 Å². The number of hydrogen-bond acceptors (Lipinski definition) is 7. The normalized spacial score (nSPS) is 10.4. The van der Waals surface area contributed by atoms with Crippen molar-refractivity contribution in [2.45, 2.75) is 13.8 Å². The van der Waals surface area contributed by atoms with Gasteiger partial charge in [-0.3, -0.25) is 4.79 Å². The second kappa shape index (κ2) is 7.00. The minimum atomic E-state index is -0.401. The molecular formula is C17H17N5O3. The first-order chi connectivity index (χ1) is 12.0. The van der Waals surface area contributed by atoms with Crippen molar-refractivity contribution in [2.75, 3.05) is 17.7 Å². The van der Waals surface area contributed by atoms with Gasteiger partial charge < -0.3 is 19.9 Å². The number of aryl methyl sites for hydroxylation is 2. The highest BCUT2D eigenvalue weighted by Crippen LogP contribution is 2.25. The molecule has 0 atom stereocenters. The summed E-state index contributed by atoms with van der Waals surface area (Å²) in [7, 11) is 1.58. The lowest BCUT2D eigenvalue weighted by Crippen LogP contribution is -2.15. The average Bonchev–Trinajstić information content (AvgIpc) is 2.99. The van der Waals surface area contributed by atoms with Crippen molar-refractivity contribution in [3.63, 3.8) is 0 Å². The van der Waals surface area contributed by atoms with Crippen LogP contribution in [-0.4, -0.2) is 28.1 Å². The summed E-state index contributed by atoms with van der Waals surface area (Å²) >= 11 is 0. The van der Waals surface area contributed by atoms with Crippen molar-refractivity contribution in [3.8, 4) is 5.75 Å². The van der Waals surface area contributed by atoms with E-state index in [1.807, 2.05) is 24.3 Å². The van der Waals surface area contributed by atoms with Gasteiger partial charge in [-0.15, -0.1) is 0 Å². The van der Waals surface area contributed by atoms with Crippen LogP contribution in [0.5, 0.6) is 5.75 Å². The number of nitrogens with one attached hydrogen (secondary N) is 2. The van der Waals surface area contributed by atoms with Crippen molar-refractivity contribution < 1.29 is 14.1 Å². The fourth-order valence-corrected chi connectivity index (χ4v) is 2.21. The first-order valence-electron chi connectivity index (χ1n) is 7.55. The molecule has 0 aliphatic carbocycles. The van der Waals surface area contributed by atoms with Gasteiger partial charge in [0.15, 0.2) is 5.82 Å². The molecule has 0 unspecified atom stereocenters. The Labute approximate surface area is 144 Å². The molecule has 8 heteroatoms. The van der Waals surface area contributed by atoms with Gasteiger partial charge in [-0.05, 0) is 32.0 Å². The summed E-state index contributed by atoms with van der Waals surface area (Å²) in [5.74, 6) is 1.48. The van der Waals surface area contributed by atoms with Gasteiger partial charge in [-0.2, -0.15) is 0 Å². The van der Waals surface area contributed by atoms with E-state index in [4.69, 9.17) is 9.26 Å². The van der Waals surface area contributed by atoms with Crippen LogP contribution < -0.4 is 15.4 Å². The molecular weight excluding hydrogens is 322 g/mol. The number of methoxy groups -OCH3 is 1. The molecule has 0 bridgehead atoms. The number of nitrogens with zero attached hydrogens (tertiary/aromatic N) is 3. The molecule has 8 nitrogen and oxygen atoms in total. The molecule has 0 saturated carbocycles.